The minimum Gasteiger partial charge on any atom is -0.490 e. The molecule has 19 heavy (non-hydrogen) atoms. The Kier molecular flexibility index (Phi) is 5.67. The Labute approximate surface area is 117 Å². The standard InChI is InChI=1S/C16H27NO2/c1-6-18-13-9-8-12(10-14(13)19-7-2)11-15(17)16(3,4)5/h8-10,15H,6-7,11,17H2,1-5H3. The van der Waals surface area contributed by atoms with E-state index in [4.69, 9.17) is 15.2 Å². The van der Waals surface area contributed by atoms with Gasteiger partial charge in [0.05, 0.1) is 13.2 Å². The molecule has 0 amide bonds. The van der Waals surface area contributed by atoms with E-state index in [1.165, 1.54) is 5.56 Å². The molecule has 0 fully saturated rings. The third-order valence-corrected chi connectivity index (χ3v) is 3.18. The third kappa shape index (κ3) is 4.75. The molecule has 3 heteroatoms. The van der Waals surface area contributed by atoms with E-state index in [0.29, 0.717) is 13.2 Å². The zero-order chi connectivity index (χ0) is 14.5. The van der Waals surface area contributed by atoms with E-state index in [9.17, 15) is 0 Å². The summed E-state index contributed by atoms with van der Waals surface area (Å²) in [7, 11) is 0. The molecule has 2 N–H and O–H groups in total. The number of ether oxygens (including phenoxy) is 2. The van der Waals surface area contributed by atoms with Crippen LogP contribution in [0.4, 0.5) is 0 Å². The van der Waals surface area contributed by atoms with Crippen LogP contribution in [0.3, 0.4) is 0 Å². The molecular weight excluding hydrogens is 238 g/mol. The quantitative estimate of drug-likeness (QED) is 0.857. The molecule has 1 rings (SSSR count). The first-order chi connectivity index (χ1) is 8.88. The average molecular weight is 265 g/mol. The van der Waals surface area contributed by atoms with Crippen molar-refractivity contribution in [2.24, 2.45) is 11.1 Å². The Morgan fingerprint density at radius 2 is 1.63 bits per heavy atom. The molecule has 0 heterocycles. The fourth-order valence-electron chi connectivity index (χ4n) is 1.78. The predicted molar refractivity (Wildman–Crippen MR) is 79.9 cm³/mol. The van der Waals surface area contributed by atoms with Gasteiger partial charge < -0.3 is 15.2 Å². The smallest absolute Gasteiger partial charge is 0.161 e. The van der Waals surface area contributed by atoms with E-state index < -0.39 is 0 Å². The highest BCUT2D eigenvalue weighted by Gasteiger charge is 2.21. The first-order valence-corrected chi connectivity index (χ1v) is 7.02. The summed E-state index contributed by atoms with van der Waals surface area (Å²) in [5, 5.41) is 0. The van der Waals surface area contributed by atoms with Crippen molar-refractivity contribution in [3.8, 4) is 11.5 Å². The zero-order valence-electron chi connectivity index (χ0n) is 12.8. The first kappa shape index (κ1) is 15.8. The summed E-state index contributed by atoms with van der Waals surface area (Å²) in [6.07, 6.45) is 0.843. The molecule has 0 bridgehead atoms. The lowest BCUT2D eigenvalue weighted by molar-refractivity contribution is 0.286. The molecule has 0 aromatic heterocycles. The summed E-state index contributed by atoms with van der Waals surface area (Å²) in [5.41, 5.74) is 7.52. The molecule has 1 aromatic rings. The molecule has 0 aliphatic rings. The average Bonchev–Trinajstić information content (AvgIpc) is 2.32. The van der Waals surface area contributed by atoms with Gasteiger partial charge in [0.2, 0.25) is 0 Å². The second-order valence-corrected chi connectivity index (χ2v) is 5.82. The third-order valence-electron chi connectivity index (χ3n) is 3.18. The van der Waals surface area contributed by atoms with E-state index in [-0.39, 0.29) is 11.5 Å². The second kappa shape index (κ2) is 6.80. The topological polar surface area (TPSA) is 44.5 Å². The number of hydrogen-bond acceptors (Lipinski definition) is 3. The van der Waals surface area contributed by atoms with Crippen LogP contribution in [-0.2, 0) is 6.42 Å². The molecule has 0 saturated heterocycles. The van der Waals surface area contributed by atoms with Crippen LogP contribution in [0, 0.1) is 5.41 Å². The fraction of sp³-hybridized carbons (Fsp3) is 0.625. The summed E-state index contributed by atoms with van der Waals surface area (Å²) in [5.74, 6) is 1.61. The maximum absolute atomic E-state index is 6.23. The van der Waals surface area contributed by atoms with Crippen LogP contribution in [0.1, 0.15) is 40.2 Å². The summed E-state index contributed by atoms with van der Waals surface area (Å²) in [6, 6.07) is 6.21. The minimum absolute atomic E-state index is 0.102. The number of nitrogens with two attached hydrogens (primary N) is 1. The maximum Gasteiger partial charge on any atom is 0.161 e. The first-order valence-electron chi connectivity index (χ1n) is 7.02. The molecule has 1 unspecified atom stereocenters. The van der Waals surface area contributed by atoms with Crippen LogP contribution in [0.15, 0.2) is 18.2 Å². The lowest BCUT2D eigenvalue weighted by Crippen LogP contribution is -2.36. The van der Waals surface area contributed by atoms with Crippen LogP contribution < -0.4 is 15.2 Å². The van der Waals surface area contributed by atoms with Crippen LogP contribution in [0.5, 0.6) is 11.5 Å². The number of rotatable bonds is 6. The van der Waals surface area contributed by atoms with Gasteiger partial charge in [0.15, 0.2) is 11.5 Å². The fourth-order valence-corrected chi connectivity index (χ4v) is 1.78. The lowest BCUT2D eigenvalue weighted by Gasteiger charge is -2.27. The van der Waals surface area contributed by atoms with Gasteiger partial charge in [-0.15, -0.1) is 0 Å². The van der Waals surface area contributed by atoms with E-state index in [1.807, 2.05) is 26.0 Å². The molecule has 0 aliphatic heterocycles. The molecule has 3 nitrogen and oxygen atoms in total. The SMILES string of the molecule is CCOc1ccc(CC(N)C(C)(C)C)cc1OCC. The van der Waals surface area contributed by atoms with Crippen LogP contribution >= 0.6 is 0 Å². The van der Waals surface area contributed by atoms with E-state index >= 15 is 0 Å². The summed E-state index contributed by atoms with van der Waals surface area (Å²) in [4.78, 5) is 0. The van der Waals surface area contributed by atoms with Crippen LogP contribution in [-0.4, -0.2) is 19.3 Å². The summed E-state index contributed by atoms with van der Waals surface area (Å²) in [6.45, 7) is 11.7. The van der Waals surface area contributed by atoms with Gasteiger partial charge in [-0.1, -0.05) is 26.8 Å². The Morgan fingerprint density at radius 1 is 1.05 bits per heavy atom. The Morgan fingerprint density at radius 3 is 2.16 bits per heavy atom. The minimum atomic E-state index is 0.102. The van der Waals surface area contributed by atoms with Gasteiger partial charge in [0.25, 0.3) is 0 Å². The number of benzene rings is 1. The van der Waals surface area contributed by atoms with Crippen molar-refractivity contribution in [1.29, 1.82) is 0 Å². The van der Waals surface area contributed by atoms with Crippen LogP contribution in [0.25, 0.3) is 0 Å². The lowest BCUT2D eigenvalue weighted by atomic mass is 9.84. The zero-order valence-corrected chi connectivity index (χ0v) is 12.8. The maximum atomic E-state index is 6.23. The Hall–Kier alpha value is -1.22. The largest absolute Gasteiger partial charge is 0.490 e. The van der Waals surface area contributed by atoms with E-state index in [0.717, 1.165) is 17.9 Å². The highest BCUT2D eigenvalue weighted by molar-refractivity contribution is 5.43. The highest BCUT2D eigenvalue weighted by Crippen LogP contribution is 2.30. The monoisotopic (exact) mass is 265 g/mol. The predicted octanol–water partition coefficient (Wildman–Crippen LogP) is 3.40. The van der Waals surface area contributed by atoms with Crippen molar-refractivity contribution >= 4 is 0 Å². The molecule has 0 aliphatic carbocycles. The number of hydrogen-bond donors (Lipinski definition) is 1. The van der Waals surface area contributed by atoms with Crippen molar-refractivity contribution in [1.82, 2.24) is 0 Å². The molecule has 108 valence electrons. The molecule has 0 saturated carbocycles. The second-order valence-electron chi connectivity index (χ2n) is 5.82. The molecule has 0 spiro atoms. The van der Waals surface area contributed by atoms with Gasteiger partial charge in [0.1, 0.15) is 0 Å². The Bertz CT molecular complexity index is 396. The van der Waals surface area contributed by atoms with E-state index in [1.54, 1.807) is 0 Å². The van der Waals surface area contributed by atoms with Crippen molar-refractivity contribution in [2.75, 3.05) is 13.2 Å². The van der Waals surface area contributed by atoms with Gasteiger partial charge >= 0.3 is 0 Å². The molecule has 1 atom stereocenters. The van der Waals surface area contributed by atoms with Gasteiger partial charge in [0, 0.05) is 6.04 Å². The molecule has 0 radical (unpaired) electrons. The van der Waals surface area contributed by atoms with Gasteiger partial charge in [-0.25, -0.2) is 0 Å². The molecule has 1 aromatic carbocycles. The highest BCUT2D eigenvalue weighted by atomic mass is 16.5. The van der Waals surface area contributed by atoms with Crippen molar-refractivity contribution in [3.05, 3.63) is 23.8 Å². The normalized spacial score (nSPS) is 13.2. The molecular formula is C16H27NO2. The van der Waals surface area contributed by atoms with Crippen molar-refractivity contribution in [2.45, 2.75) is 47.1 Å². The summed E-state index contributed by atoms with van der Waals surface area (Å²) >= 11 is 0. The summed E-state index contributed by atoms with van der Waals surface area (Å²) < 4.78 is 11.2. The van der Waals surface area contributed by atoms with Crippen molar-refractivity contribution < 1.29 is 9.47 Å². The van der Waals surface area contributed by atoms with E-state index in [2.05, 4.69) is 26.8 Å². The van der Waals surface area contributed by atoms with Crippen molar-refractivity contribution in [3.63, 3.8) is 0 Å². The van der Waals surface area contributed by atoms with Crippen LogP contribution in [0.2, 0.25) is 0 Å². The van der Waals surface area contributed by atoms with Gasteiger partial charge in [-0.2, -0.15) is 0 Å². The van der Waals surface area contributed by atoms with Gasteiger partial charge in [-0.3, -0.25) is 0 Å². The van der Waals surface area contributed by atoms with Gasteiger partial charge in [-0.05, 0) is 43.4 Å². The Balaban J connectivity index is 2.88.